The molecule has 1 aromatic rings. The maximum atomic E-state index is 12.5. The Morgan fingerprint density at radius 1 is 1.20 bits per heavy atom. The molecule has 1 amide bonds. The lowest BCUT2D eigenvalue weighted by molar-refractivity contribution is -0.121. The van der Waals surface area contributed by atoms with Crippen molar-refractivity contribution in [3.05, 3.63) is 18.2 Å². The van der Waals surface area contributed by atoms with Gasteiger partial charge in [-0.05, 0) is 38.8 Å². The van der Waals surface area contributed by atoms with Gasteiger partial charge in [-0.1, -0.05) is 25.3 Å². The summed E-state index contributed by atoms with van der Waals surface area (Å²) in [6.45, 7) is 3.97. The van der Waals surface area contributed by atoms with Crippen LogP contribution in [0.3, 0.4) is 0 Å². The molecule has 1 spiro atoms. The van der Waals surface area contributed by atoms with Crippen LogP contribution < -0.4 is 15.4 Å². The van der Waals surface area contributed by atoms with E-state index >= 15 is 0 Å². The van der Waals surface area contributed by atoms with Crippen molar-refractivity contribution in [2.24, 2.45) is 0 Å². The first-order valence-corrected chi connectivity index (χ1v) is 7.50. The third-order valence-corrected chi connectivity index (χ3v) is 4.14. The van der Waals surface area contributed by atoms with Crippen molar-refractivity contribution in [2.45, 2.75) is 57.6 Å². The molecule has 0 radical (unpaired) electrons. The third-order valence-electron chi connectivity index (χ3n) is 4.14. The molecular formula is C16H22N2O2. The molecule has 2 N–H and O–H groups in total. The van der Waals surface area contributed by atoms with Crippen molar-refractivity contribution in [3.8, 4) is 5.75 Å². The number of carbonyl (C=O) groups excluding carboxylic acids is 1. The fourth-order valence-corrected chi connectivity index (χ4v) is 3.17. The molecule has 0 atom stereocenters. The molecule has 0 saturated heterocycles. The smallest absolute Gasteiger partial charge is 0.250 e. The Balaban J connectivity index is 1.94. The van der Waals surface area contributed by atoms with E-state index in [1.807, 2.05) is 32.0 Å². The molecule has 2 aliphatic rings. The van der Waals surface area contributed by atoms with Gasteiger partial charge >= 0.3 is 0 Å². The number of benzene rings is 1. The number of carbonyl (C=O) groups is 1. The minimum absolute atomic E-state index is 0.0870. The van der Waals surface area contributed by atoms with Crippen molar-refractivity contribution in [1.82, 2.24) is 0 Å². The number of ether oxygens (including phenoxy) is 1. The molecule has 4 heteroatoms. The molecule has 0 aromatic heterocycles. The molecule has 1 heterocycles. The number of hydrogen-bond acceptors (Lipinski definition) is 3. The SMILES string of the molecule is CC(C)Oc1cccc2c1NC(=O)C1(CCCCC1)N2. The Bertz CT molecular complexity index is 519. The summed E-state index contributed by atoms with van der Waals surface area (Å²) >= 11 is 0. The molecule has 0 bridgehead atoms. The van der Waals surface area contributed by atoms with Crippen molar-refractivity contribution in [3.63, 3.8) is 0 Å². The largest absolute Gasteiger partial charge is 0.489 e. The average Bonchev–Trinajstić information content (AvgIpc) is 2.42. The Labute approximate surface area is 119 Å². The van der Waals surface area contributed by atoms with Crippen molar-refractivity contribution >= 4 is 17.3 Å². The van der Waals surface area contributed by atoms with Crippen molar-refractivity contribution in [2.75, 3.05) is 10.6 Å². The van der Waals surface area contributed by atoms with Gasteiger partial charge in [0.15, 0.2) is 0 Å². The van der Waals surface area contributed by atoms with Gasteiger partial charge in [0.25, 0.3) is 0 Å². The topological polar surface area (TPSA) is 50.4 Å². The van der Waals surface area contributed by atoms with Crippen LogP contribution in [0.4, 0.5) is 11.4 Å². The molecular weight excluding hydrogens is 252 g/mol. The van der Waals surface area contributed by atoms with Gasteiger partial charge in [-0.3, -0.25) is 4.79 Å². The quantitative estimate of drug-likeness (QED) is 0.867. The van der Waals surface area contributed by atoms with Crippen LogP contribution in [-0.2, 0) is 4.79 Å². The van der Waals surface area contributed by atoms with E-state index < -0.39 is 5.54 Å². The highest BCUT2D eigenvalue weighted by Gasteiger charge is 2.43. The summed E-state index contributed by atoms with van der Waals surface area (Å²) in [7, 11) is 0. The second kappa shape index (κ2) is 5.00. The molecule has 108 valence electrons. The zero-order valence-corrected chi connectivity index (χ0v) is 12.2. The van der Waals surface area contributed by atoms with Crippen LogP contribution in [0, 0.1) is 0 Å². The van der Waals surface area contributed by atoms with E-state index in [2.05, 4.69) is 10.6 Å². The zero-order chi connectivity index (χ0) is 14.2. The fraction of sp³-hybridized carbons (Fsp3) is 0.562. The van der Waals surface area contributed by atoms with Crippen LogP contribution in [0.25, 0.3) is 0 Å². The molecule has 4 nitrogen and oxygen atoms in total. The first-order valence-electron chi connectivity index (χ1n) is 7.50. The van der Waals surface area contributed by atoms with Crippen molar-refractivity contribution in [1.29, 1.82) is 0 Å². The number of anilines is 2. The van der Waals surface area contributed by atoms with Gasteiger partial charge in [-0.2, -0.15) is 0 Å². The lowest BCUT2D eigenvalue weighted by Crippen LogP contribution is -2.53. The maximum Gasteiger partial charge on any atom is 0.250 e. The minimum Gasteiger partial charge on any atom is -0.489 e. The Hall–Kier alpha value is -1.71. The van der Waals surface area contributed by atoms with E-state index in [9.17, 15) is 4.79 Å². The summed E-state index contributed by atoms with van der Waals surface area (Å²) in [5.41, 5.74) is 1.34. The van der Waals surface area contributed by atoms with Crippen LogP contribution in [-0.4, -0.2) is 17.6 Å². The predicted octanol–water partition coefficient (Wildman–Crippen LogP) is 3.54. The van der Waals surface area contributed by atoms with Crippen LogP contribution in [0.15, 0.2) is 18.2 Å². The van der Waals surface area contributed by atoms with E-state index in [1.165, 1.54) is 6.42 Å². The molecule has 1 saturated carbocycles. The van der Waals surface area contributed by atoms with Crippen molar-refractivity contribution < 1.29 is 9.53 Å². The van der Waals surface area contributed by atoms with Crippen LogP contribution in [0.2, 0.25) is 0 Å². The molecule has 0 unspecified atom stereocenters. The molecule has 20 heavy (non-hydrogen) atoms. The van der Waals surface area contributed by atoms with Gasteiger partial charge in [0.05, 0.1) is 11.8 Å². The number of rotatable bonds is 2. The summed E-state index contributed by atoms with van der Waals surface area (Å²) in [5.74, 6) is 0.827. The molecule has 1 aliphatic carbocycles. The monoisotopic (exact) mass is 274 g/mol. The molecule has 3 rings (SSSR count). The van der Waals surface area contributed by atoms with Crippen LogP contribution >= 0.6 is 0 Å². The summed E-state index contributed by atoms with van der Waals surface area (Å²) in [4.78, 5) is 12.5. The number of hydrogen-bond donors (Lipinski definition) is 2. The van der Waals surface area contributed by atoms with Gasteiger partial charge < -0.3 is 15.4 Å². The lowest BCUT2D eigenvalue weighted by Gasteiger charge is -2.41. The van der Waals surface area contributed by atoms with Gasteiger partial charge in [0.2, 0.25) is 5.91 Å². The maximum absolute atomic E-state index is 12.5. The van der Waals surface area contributed by atoms with E-state index in [0.717, 1.165) is 42.8 Å². The number of para-hydroxylation sites is 1. The van der Waals surface area contributed by atoms with Crippen LogP contribution in [0.5, 0.6) is 5.75 Å². The average molecular weight is 274 g/mol. The second-order valence-corrected chi connectivity index (χ2v) is 6.07. The van der Waals surface area contributed by atoms with Gasteiger partial charge in [-0.25, -0.2) is 0 Å². The summed E-state index contributed by atoms with van der Waals surface area (Å²) in [5, 5.41) is 6.55. The molecule has 1 aromatic carbocycles. The lowest BCUT2D eigenvalue weighted by atomic mass is 9.79. The van der Waals surface area contributed by atoms with Crippen LogP contribution in [0.1, 0.15) is 46.0 Å². The molecule has 1 fully saturated rings. The predicted molar refractivity (Wildman–Crippen MR) is 80.3 cm³/mol. The van der Waals surface area contributed by atoms with E-state index in [4.69, 9.17) is 4.74 Å². The summed E-state index contributed by atoms with van der Waals surface area (Å²) in [6, 6.07) is 5.88. The van der Waals surface area contributed by atoms with Gasteiger partial charge in [0, 0.05) is 0 Å². The summed E-state index contributed by atoms with van der Waals surface area (Å²) < 4.78 is 5.78. The highest BCUT2D eigenvalue weighted by Crippen LogP contribution is 2.43. The zero-order valence-electron chi connectivity index (χ0n) is 12.2. The number of nitrogens with one attached hydrogen (secondary N) is 2. The second-order valence-electron chi connectivity index (χ2n) is 6.07. The normalized spacial score (nSPS) is 20.2. The standard InChI is InChI=1S/C16H22N2O2/c1-11(2)20-13-8-6-7-12-14(13)17-15(19)16(18-12)9-4-3-5-10-16/h6-8,11,18H,3-5,9-10H2,1-2H3,(H,17,19). The van der Waals surface area contributed by atoms with E-state index in [0.29, 0.717) is 0 Å². The Morgan fingerprint density at radius 3 is 2.65 bits per heavy atom. The number of fused-ring (bicyclic) bond motifs is 1. The highest BCUT2D eigenvalue weighted by atomic mass is 16.5. The Kier molecular flexibility index (Phi) is 3.32. The van der Waals surface area contributed by atoms with E-state index in [1.54, 1.807) is 0 Å². The minimum atomic E-state index is -0.415. The highest BCUT2D eigenvalue weighted by molar-refractivity contribution is 6.07. The van der Waals surface area contributed by atoms with Gasteiger partial charge in [0.1, 0.15) is 17.0 Å². The van der Waals surface area contributed by atoms with Gasteiger partial charge in [-0.15, -0.1) is 0 Å². The third kappa shape index (κ3) is 2.23. The first kappa shape index (κ1) is 13.3. The Morgan fingerprint density at radius 2 is 1.95 bits per heavy atom. The summed E-state index contributed by atoms with van der Waals surface area (Å²) in [6.07, 6.45) is 5.35. The fourth-order valence-electron chi connectivity index (χ4n) is 3.17. The van der Waals surface area contributed by atoms with E-state index in [-0.39, 0.29) is 12.0 Å². The number of amides is 1. The molecule has 1 aliphatic heterocycles. The first-order chi connectivity index (χ1) is 9.61.